The second-order valence-corrected chi connectivity index (χ2v) is 8.00. The molecule has 0 amide bonds. The molecule has 7 nitrogen and oxygen atoms in total. The van der Waals surface area contributed by atoms with Crippen LogP contribution in [-0.4, -0.2) is 36.9 Å². The number of piperidine rings is 1. The maximum absolute atomic E-state index is 12.8. The first-order chi connectivity index (χ1) is 14.6. The molecule has 1 aliphatic rings. The molecule has 30 heavy (non-hydrogen) atoms. The largest absolute Gasteiger partial charge is 0.297 e. The first-order valence-corrected chi connectivity index (χ1v) is 10.3. The molecule has 0 N–H and O–H groups in total. The summed E-state index contributed by atoms with van der Waals surface area (Å²) in [5, 5.41) is 0.665. The lowest BCUT2D eigenvalue weighted by molar-refractivity contribution is 0.176. The summed E-state index contributed by atoms with van der Waals surface area (Å²) in [4.78, 5) is 36.7. The van der Waals surface area contributed by atoms with Crippen molar-refractivity contribution in [1.82, 2.24) is 23.8 Å². The molecular weight excluding hydrogens is 378 g/mol. The van der Waals surface area contributed by atoms with Crippen molar-refractivity contribution in [1.29, 1.82) is 0 Å². The number of likely N-dealkylation sites (tertiary alicyclic amines) is 1. The highest BCUT2D eigenvalue weighted by Crippen LogP contribution is 2.22. The summed E-state index contributed by atoms with van der Waals surface area (Å²) in [6.07, 6.45) is 5.23. The van der Waals surface area contributed by atoms with E-state index in [1.165, 1.54) is 0 Å². The van der Waals surface area contributed by atoms with E-state index < -0.39 is 0 Å². The van der Waals surface area contributed by atoms with Crippen LogP contribution in [0, 0.1) is 6.92 Å². The lowest BCUT2D eigenvalue weighted by atomic mass is 10.0. The molecule has 0 atom stereocenters. The molecule has 0 unspecified atom stereocenters. The summed E-state index contributed by atoms with van der Waals surface area (Å²) < 4.78 is 3.37. The normalized spacial score (nSPS) is 15.8. The Morgan fingerprint density at radius 1 is 1.07 bits per heavy atom. The molecule has 1 saturated heterocycles. The van der Waals surface area contributed by atoms with Gasteiger partial charge in [-0.1, -0.05) is 18.2 Å². The molecule has 0 aliphatic carbocycles. The maximum Gasteiger partial charge on any atom is 0.261 e. The molecule has 1 aliphatic heterocycles. The molecule has 5 rings (SSSR count). The molecule has 152 valence electrons. The minimum absolute atomic E-state index is 0.0264. The van der Waals surface area contributed by atoms with E-state index in [2.05, 4.69) is 14.9 Å². The average molecular weight is 401 g/mol. The van der Waals surface area contributed by atoms with Crippen LogP contribution >= 0.6 is 0 Å². The molecular formula is C23H23N5O2. The van der Waals surface area contributed by atoms with Gasteiger partial charge in [0, 0.05) is 37.9 Å². The minimum Gasteiger partial charge on any atom is -0.297 e. The van der Waals surface area contributed by atoms with Gasteiger partial charge in [0.15, 0.2) is 0 Å². The number of hydrogen-bond acceptors (Lipinski definition) is 5. The maximum atomic E-state index is 12.8. The van der Waals surface area contributed by atoms with Crippen LogP contribution in [0.15, 0.2) is 64.6 Å². The van der Waals surface area contributed by atoms with Crippen LogP contribution in [0.25, 0.3) is 16.6 Å². The summed E-state index contributed by atoms with van der Waals surface area (Å²) in [5.41, 5.74) is 3.19. The van der Waals surface area contributed by atoms with E-state index in [0.29, 0.717) is 17.6 Å². The second-order valence-electron chi connectivity index (χ2n) is 8.00. The monoisotopic (exact) mass is 401 g/mol. The molecule has 0 spiro atoms. The fourth-order valence-electron chi connectivity index (χ4n) is 4.27. The zero-order valence-corrected chi connectivity index (χ0v) is 16.9. The molecule has 4 heterocycles. The number of benzene rings is 1. The second kappa shape index (κ2) is 7.50. The average Bonchev–Trinajstić information content (AvgIpc) is 2.76. The highest BCUT2D eigenvalue weighted by molar-refractivity contribution is 5.76. The van der Waals surface area contributed by atoms with E-state index in [-0.39, 0.29) is 17.2 Å². The summed E-state index contributed by atoms with van der Waals surface area (Å²) in [6.45, 7) is 4.29. The van der Waals surface area contributed by atoms with Crippen molar-refractivity contribution in [2.75, 3.05) is 13.1 Å². The molecule has 0 bridgehead atoms. The SMILES string of the molecule is Cc1ccc2nc(CN3CCC(n4cnc5ccccc5c4=O)CC3)cc(=O)n2c1. The summed E-state index contributed by atoms with van der Waals surface area (Å²) in [7, 11) is 0. The standard InChI is InChI=1S/C23H23N5O2/c1-16-6-7-21-25-17(12-22(29)27(21)13-16)14-26-10-8-18(9-11-26)28-15-24-20-5-3-2-4-19(20)23(28)30/h2-7,12-13,15,18H,8-11,14H2,1H3. The van der Waals surface area contributed by atoms with E-state index in [1.807, 2.05) is 49.5 Å². The van der Waals surface area contributed by atoms with E-state index in [4.69, 9.17) is 0 Å². The summed E-state index contributed by atoms with van der Waals surface area (Å²) in [5.74, 6) is 0. The van der Waals surface area contributed by atoms with Crippen LogP contribution in [0.3, 0.4) is 0 Å². The van der Waals surface area contributed by atoms with Crippen molar-refractivity contribution < 1.29 is 0 Å². The van der Waals surface area contributed by atoms with Gasteiger partial charge in [-0.05, 0) is 43.5 Å². The Kier molecular flexibility index (Phi) is 4.67. The van der Waals surface area contributed by atoms with Crippen LogP contribution < -0.4 is 11.1 Å². The zero-order chi connectivity index (χ0) is 20.7. The molecule has 1 fully saturated rings. The predicted molar refractivity (Wildman–Crippen MR) is 116 cm³/mol. The third-order valence-corrected chi connectivity index (χ3v) is 5.89. The number of para-hydroxylation sites is 1. The molecule has 1 aromatic carbocycles. The van der Waals surface area contributed by atoms with E-state index in [1.54, 1.807) is 21.4 Å². The van der Waals surface area contributed by atoms with Gasteiger partial charge in [-0.3, -0.25) is 23.5 Å². The van der Waals surface area contributed by atoms with Crippen molar-refractivity contribution in [3.05, 3.63) is 87.0 Å². The Labute approximate surface area is 173 Å². The quantitative estimate of drug-likeness (QED) is 0.528. The van der Waals surface area contributed by atoms with E-state index in [9.17, 15) is 9.59 Å². The first kappa shape index (κ1) is 18.7. The summed E-state index contributed by atoms with van der Waals surface area (Å²) in [6, 6.07) is 13.1. The number of aryl methyl sites for hydroxylation is 1. The number of pyridine rings is 1. The zero-order valence-electron chi connectivity index (χ0n) is 16.9. The van der Waals surface area contributed by atoms with Crippen molar-refractivity contribution >= 4 is 16.6 Å². The van der Waals surface area contributed by atoms with Gasteiger partial charge in [-0.25, -0.2) is 9.97 Å². The van der Waals surface area contributed by atoms with Gasteiger partial charge < -0.3 is 0 Å². The number of aromatic nitrogens is 4. The molecule has 0 radical (unpaired) electrons. The van der Waals surface area contributed by atoms with Gasteiger partial charge in [0.05, 0.1) is 22.9 Å². The number of hydrogen-bond donors (Lipinski definition) is 0. The van der Waals surface area contributed by atoms with Crippen molar-refractivity contribution in [3.63, 3.8) is 0 Å². The van der Waals surface area contributed by atoms with Gasteiger partial charge in [0.1, 0.15) is 5.65 Å². The summed E-state index contributed by atoms with van der Waals surface area (Å²) >= 11 is 0. The Hall–Kier alpha value is -3.32. The van der Waals surface area contributed by atoms with E-state index in [0.717, 1.165) is 42.7 Å². The molecule has 3 aromatic heterocycles. The number of fused-ring (bicyclic) bond motifs is 2. The smallest absolute Gasteiger partial charge is 0.261 e. The highest BCUT2D eigenvalue weighted by Gasteiger charge is 2.22. The van der Waals surface area contributed by atoms with Crippen LogP contribution in [0.4, 0.5) is 0 Å². The Morgan fingerprint density at radius 3 is 2.70 bits per heavy atom. The topological polar surface area (TPSA) is 72.5 Å². The Balaban J connectivity index is 1.31. The lowest BCUT2D eigenvalue weighted by Gasteiger charge is -2.32. The van der Waals surface area contributed by atoms with Crippen molar-refractivity contribution in [2.24, 2.45) is 0 Å². The van der Waals surface area contributed by atoms with Gasteiger partial charge in [-0.2, -0.15) is 0 Å². The minimum atomic E-state index is -0.0534. The van der Waals surface area contributed by atoms with Crippen LogP contribution in [0.1, 0.15) is 30.1 Å². The van der Waals surface area contributed by atoms with Gasteiger partial charge in [-0.15, -0.1) is 0 Å². The number of nitrogens with zero attached hydrogens (tertiary/aromatic N) is 5. The van der Waals surface area contributed by atoms with Crippen molar-refractivity contribution in [2.45, 2.75) is 32.4 Å². The fourth-order valence-corrected chi connectivity index (χ4v) is 4.27. The third kappa shape index (κ3) is 3.41. The van der Waals surface area contributed by atoms with E-state index >= 15 is 0 Å². The molecule has 7 heteroatoms. The molecule has 4 aromatic rings. The molecule has 0 saturated carbocycles. The third-order valence-electron chi connectivity index (χ3n) is 5.89. The van der Waals surface area contributed by atoms with Crippen LogP contribution in [-0.2, 0) is 6.54 Å². The van der Waals surface area contributed by atoms with Crippen LogP contribution in [0.5, 0.6) is 0 Å². The lowest BCUT2D eigenvalue weighted by Crippen LogP contribution is -2.37. The van der Waals surface area contributed by atoms with Gasteiger partial charge >= 0.3 is 0 Å². The predicted octanol–water partition coefficient (Wildman–Crippen LogP) is 2.55. The van der Waals surface area contributed by atoms with Gasteiger partial charge in [0.25, 0.3) is 11.1 Å². The number of rotatable bonds is 3. The Bertz CT molecular complexity index is 1350. The van der Waals surface area contributed by atoms with Crippen molar-refractivity contribution in [3.8, 4) is 0 Å². The Morgan fingerprint density at radius 2 is 1.87 bits per heavy atom. The fraction of sp³-hybridized carbons (Fsp3) is 0.304. The first-order valence-electron chi connectivity index (χ1n) is 10.3. The highest BCUT2D eigenvalue weighted by atomic mass is 16.1. The van der Waals surface area contributed by atoms with Gasteiger partial charge in [0.2, 0.25) is 0 Å². The van der Waals surface area contributed by atoms with Crippen LogP contribution in [0.2, 0.25) is 0 Å².